The summed E-state index contributed by atoms with van der Waals surface area (Å²) in [5.74, 6) is -0.0691. The number of nitrogens with two attached hydrogens (primary N) is 1. The van der Waals surface area contributed by atoms with Crippen molar-refractivity contribution in [2.24, 2.45) is 5.73 Å². The first-order valence-corrected chi connectivity index (χ1v) is 10.8. The summed E-state index contributed by atoms with van der Waals surface area (Å²) in [7, 11) is -3.70. The fraction of sp³-hybridized carbons (Fsp3) is 0.632. The van der Waals surface area contributed by atoms with Crippen molar-refractivity contribution in [2.75, 3.05) is 19.6 Å². The van der Waals surface area contributed by atoms with Crippen molar-refractivity contribution < 1.29 is 13.2 Å². The summed E-state index contributed by atoms with van der Waals surface area (Å²) < 4.78 is 28.2. The Bertz CT molecular complexity index is 775. The second kappa shape index (κ2) is 7.29. The third-order valence-corrected chi connectivity index (χ3v) is 7.73. The normalized spacial score (nSPS) is 22.8. The molecule has 0 aromatic heterocycles. The third-order valence-electron chi connectivity index (χ3n) is 5.51. The molecule has 1 unspecified atom stereocenters. The molecule has 2 aliphatic rings. The fourth-order valence-electron chi connectivity index (χ4n) is 4.30. The van der Waals surface area contributed by atoms with E-state index in [0.29, 0.717) is 37.4 Å². The molecular formula is C19H29N3O3S. The topological polar surface area (TPSA) is 83.7 Å². The van der Waals surface area contributed by atoms with Gasteiger partial charge in [0.1, 0.15) is 6.04 Å². The van der Waals surface area contributed by atoms with Crippen LogP contribution in [0.3, 0.4) is 0 Å². The minimum absolute atomic E-state index is 0.0691. The van der Waals surface area contributed by atoms with Crippen LogP contribution < -0.4 is 5.73 Å². The summed E-state index contributed by atoms with van der Waals surface area (Å²) in [5.41, 5.74) is 8.44. The van der Waals surface area contributed by atoms with Crippen molar-refractivity contribution in [3.05, 3.63) is 28.8 Å². The number of amides is 1. The predicted octanol–water partition coefficient (Wildman–Crippen LogP) is 1.71. The Hall–Kier alpha value is -1.44. The second-order valence-electron chi connectivity index (χ2n) is 7.66. The molecule has 7 heteroatoms. The van der Waals surface area contributed by atoms with E-state index in [1.807, 2.05) is 32.9 Å². The van der Waals surface area contributed by atoms with Crippen molar-refractivity contribution in [2.45, 2.75) is 63.4 Å². The molecule has 144 valence electrons. The Kier molecular flexibility index (Phi) is 5.42. The second-order valence-corrected chi connectivity index (χ2v) is 9.49. The van der Waals surface area contributed by atoms with Crippen LogP contribution in [0.25, 0.3) is 0 Å². The summed E-state index contributed by atoms with van der Waals surface area (Å²) in [6.45, 7) is 7.25. The Morgan fingerprint density at radius 2 is 1.62 bits per heavy atom. The van der Waals surface area contributed by atoms with E-state index in [2.05, 4.69) is 0 Å². The van der Waals surface area contributed by atoms with Crippen molar-refractivity contribution in [1.29, 1.82) is 0 Å². The highest BCUT2D eigenvalue weighted by molar-refractivity contribution is 7.89. The van der Waals surface area contributed by atoms with Crippen LogP contribution in [0.1, 0.15) is 42.4 Å². The zero-order chi connectivity index (χ0) is 19.1. The van der Waals surface area contributed by atoms with E-state index in [1.54, 1.807) is 4.90 Å². The maximum Gasteiger partial charge on any atom is 0.244 e. The predicted molar refractivity (Wildman–Crippen MR) is 101 cm³/mol. The molecule has 0 radical (unpaired) electrons. The largest absolute Gasteiger partial charge is 0.341 e. The van der Waals surface area contributed by atoms with Gasteiger partial charge in [-0.3, -0.25) is 4.79 Å². The molecule has 2 fully saturated rings. The van der Waals surface area contributed by atoms with E-state index in [-0.39, 0.29) is 11.9 Å². The molecule has 2 aliphatic heterocycles. The highest BCUT2D eigenvalue weighted by Crippen LogP contribution is 2.31. The number of hydrogen-bond acceptors (Lipinski definition) is 4. The van der Waals surface area contributed by atoms with E-state index in [9.17, 15) is 13.2 Å². The average molecular weight is 380 g/mol. The molecule has 1 aromatic carbocycles. The number of rotatable bonds is 3. The maximum absolute atomic E-state index is 13.4. The van der Waals surface area contributed by atoms with Crippen molar-refractivity contribution >= 4 is 15.9 Å². The van der Waals surface area contributed by atoms with Gasteiger partial charge >= 0.3 is 0 Å². The summed E-state index contributed by atoms with van der Waals surface area (Å²) in [6.07, 6.45) is 2.86. The van der Waals surface area contributed by atoms with Gasteiger partial charge in [0.15, 0.2) is 0 Å². The van der Waals surface area contributed by atoms with Crippen LogP contribution in [0.15, 0.2) is 17.0 Å². The smallest absolute Gasteiger partial charge is 0.244 e. The molecule has 2 N–H and O–H groups in total. The van der Waals surface area contributed by atoms with Crippen molar-refractivity contribution in [3.8, 4) is 0 Å². The molecule has 26 heavy (non-hydrogen) atoms. The lowest BCUT2D eigenvalue weighted by molar-refractivity contribution is -0.135. The minimum atomic E-state index is -3.70. The minimum Gasteiger partial charge on any atom is -0.341 e. The Morgan fingerprint density at radius 1 is 1.04 bits per heavy atom. The average Bonchev–Trinajstić information content (AvgIpc) is 3.04. The maximum atomic E-state index is 13.4. The van der Waals surface area contributed by atoms with Gasteiger partial charge < -0.3 is 10.6 Å². The molecular weight excluding hydrogens is 350 g/mol. The Morgan fingerprint density at radius 3 is 2.19 bits per heavy atom. The molecule has 2 heterocycles. The number of carbonyl (C=O) groups is 1. The van der Waals surface area contributed by atoms with Gasteiger partial charge in [-0.1, -0.05) is 17.7 Å². The molecule has 6 nitrogen and oxygen atoms in total. The van der Waals surface area contributed by atoms with Gasteiger partial charge in [0.2, 0.25) is 15.9 Å². The number of likely N-dealkylation sites (tertiary alicyclic amines) is 1. The van der Waals surface area contributed by atoms with Crippen LogP contribution in [0.5, 0.6) is 0 Å². The van der Waals surface area contributed by atoms with Crippen molar-refractivity contribution in [1.82, 2.24) is 9.21 Å². The van der Waals surface area contributed by atoms with Gasteiger partial charge in [0.05, 0.1) is 4.90 Å². The van der Waals surface area contributed by atoms with E-state index < -0.39 is 16.1 Å². The molecule has 3 rings (SSSR count). The fourth-order valence-corrected chi connectivity index (χ4v) is 6.36. The van der Waals surface area contributed by atoms with Gasteiger partial charge in [0.25, 0.3) is 0 Å². The van der Waals surface area contributed by atoms with Gasteiger partial charge in [-0.05, 0) is 57.6 Å². The zero-order valence-electron chi connectivity index (χ0n) is 15.9. The van der Waals surface area contributed by atoms with E-state index in [1.165, 1.54) is 4.31 Å². The summed E-state index contributed by atoms with van der Waals surface area (Å²) in [6, 6.07) is 3.33. The summed E-state index contributed by atoms with van der Waals surface area (Å²) in [4.78, 5) is 15.1. The van der Waals surface area contributed by atoms with Crippen LogP contribution in [0.2, 0.25) is 0 Å². The highest BCUT2D eigenvalue weighted by Gasteiger charge is 2.42. The number of benzene rings is 1. The quantitative estimate of drug-likeness (QED) is 0.867. The van der Waals surface area contributed by atoms with E-state index >= 15 is 0 Å². The Labute approximate surface area is 156 Å². The Balaban J connectivity index is 1.89. The standard InChI is InChI=1S/C19H29N3O3S/c1-13-11-14(2)18(15(3)12-13)26(24,25)22-8-4-5-17(22)19(23)21-9-6-16(20)7-10-21/h11-12,16-17H,4-10,20H2,1-3H3. The first-order valence-electron chi connectivity index (χ1n) is 9.36. The molecule has 1 atom stereocenters. The van der Waals surface area contributed by atoms with Gasteiger partial charge in [-0.15, -0.1) is 0 Å². The van der Waals surface area contributed by atoms with Crippen molar-refractivity contribution in [3.63, 3.8) is 0 Å². The highest BCUT2D eigenvalue weighted by atomic mass is 32.2. The molecule has 1 aromatic rings. The lowest BCUT2D eigenvalue weighted by Crippen LogP contribution is -2.51. The van der Waals surface area contributed by atoms with Crippen LogP contribution >= 0.6 is 0 Å². The number of piperidine rings is 1. The van der Waals surface area contributed by atoms with Crippen LogP contribution in [-0.4, -0.2) is 55.2 Å². The molecule has 0 saturated carbocycles. The molecule has 0 aliphatic carbocycles. The summed E-state index contributed by atoms with van der Waals surface area (Å²) >= 11 is 0. The lowest BCUT2D eigenvalue weighted by Gasteiger charge is -2.34. The molecule has 1 amide bonds. The SMILES string of the molecule is Cc1cc(C)c(S(=O)(=O)N2CCCC2C(=O)N2CCC(N)CC2)c(C)c1. The lowest BCUT2D eigenvalue weighted by atomic mass is 10.0. The molecule has 0 bridgehead atoms. The monoisotopic (exact) mass is 379 g/mol. The number of hydrogen-bond donors (Lipinski definition) is 1. The summed E-state index contributed by atoms with van der Waals surface area (Å²) in [5, 5.41) is 0. The van der Waals surface area contributed by atoms with Crippen LogP contribution in [0, 0.1) is 20.8 Å². The first kappa shape index (κ1) is 19.3. The number of carbonyl (C=O) groups excluding carboxylic acids is 1. The van der Waals surface area contributed by atoms with Gasteiger partial charge in [-0.25, -0.2) is 8.42 Å². The third kappa shape index (κ3) is 3.52. The van der Waals surface area contributed by atoms with Crippen LogP contribution in [0.4, 0.5) is 0 Å². The van der Waals surface area contributed by atoms with Gasteiger partial charge in [0, 0.05) is 25.7 Å². The number of sulfonamides is 1. The zero-order valence-corrected chi connectivity index (χ0v) is 16.7. The van der Waals surface area contributed by atoms with Crippen LogP contribution in [-0.2, 0) is 14.8 Å². The molecule has 2 saturated heterocycles. The molecule has 0 spiro atoms. The number of nitrogens with zero attached hydrogens (tertiary/aromatic N) is 2. The van der Waals surface area contributed by atoms with E-state index in [4.69, 9.17) is 5.73 Å². The van der Waals surface area contributed by atoms with Gasteiger partial charge in [-0.2, -0.15) is 4.31 Å². The van der Waals surface area contributed by atoms with E-state index in [0.717, 1.165) is 29.5 Å². The first-order chi connectivity index (χ1) is 12.2. The number of aryl methyl sites for hydroxylation is 3.